The van der Waals surface area contributed by atoms with Crippen LogP contribution in [0.25, 0.3) is 0 Å². The molecule has 3 N–H and O–H groups in total. The molecule has 0 aliphatic rings. The Balaban J connectivity index is 3.85. The fourth-order valence-corrected chi connectivity index (χ4v) is 1.21. The van der Waals surface area contributed by atoms with Gasteiger partial charge in [-0.2, -0.15) is 0 Å². The van der Waals surface area contributed by atoms with Gasteiger partial charge >= 0.3 is 0 Å². The van der Waals surface area contributed by atoms with Crippen LogP contribution < -0.4 is 5.73 Å². The van der Waals surface area contributed by atoms with Crippen molar-refractivity contribution in [3.8, 4) is 0 Å². The topological polar surface area (TPSA) is 63.3 Å². The molecule has 0 aromatic rings. The third-order valence-electron chi connectivity index (χ3n) is 1.40. The Morgan fingerprint density at radius 2 is 2.11 bits per heavy atom. The highest BCUT2D eigenvalue weighted by Gasteiger charge is 2.26. The largest absolute Gasteiger partial charge is 0.397 e. The van der Waals surface area contributed by atoms with Gasteiger partial charge in [0.2, 0.25) is 0 Å². The van der Waals surface area contributed by atoms with Gasteiger partial charge in [-0.3, -0.25) is 4.79 Å². The molecular weight excluding hydrogens is 134 g/mol. The lowest BCUT2D eigenvalue weighted by atomic mass is 10.9. The van der Waals surface area contributed by atoms with Crippen molar-refractivity contribution in [1.82, 2.24) is 0 Å². The van der Waals surface area contributed by atoms with E-state index >= 15 is 0 Å². The molecule has 0 aliphatic carbocycles. The van der Waals surface area contributed by atoms with E-state index in [1.807, 2.05) is 13.1 Å². The molecule has 4 heteroatoms. The molecule has 0 saturated heterocycles. The standard InChI is InChI=1S/C5H13NO2Si/c1-9(2,4-3-7)5(6)8/h7H,3-4H2,1-2H3,(H2,6,8). The van der Waals surface area contributed by atoms with Gasteiger partial charge < -0.3 is 10.8 Å². The summed E-state index contributed by atoms with van der Waals surface area (Å²) in [5.74, 6) is 0. The summed E-state index contributed by atoms with van der Waals surface area (Å²) in [6.07, 6.45) is 0. The smallest absolute Gasteiger partial charge is 0.189 e. The van der Waals surface area contributed by atoms with E-state index in [0.29, 0.717) is 6.04 Å². The predicted molar refractivity (Wildman–Crippen MR) is 39.0 cm³/mol. The minimum atomic E-state index is -1.89. The first-order valence-electron chi connectivity index (χ1n) is 2.91. The Morgan fingerprint density at radius 1 is 1.67 bits per heavy atom. The third kappa shape index (κ3) is 2.62. The van der Waals surface area contributed by atoms with Crippen molar-refractivity contribution >= 4 is 13.6 Å². The van der Waals surface area contributed by atoms with Crippen LogP contribution in [0.2, 0.25) is 19.1 Å². The zero-order chi connectivity index (χ0) is 7.49. The Bertz CT molecular complexity index is 114. The Kier molecular flexibility index (Phi) is 2.86. The van der Waals surface area contributed by atoms with Crippen molar-refractivity contribution in [3.63, 3.8) is 0 Å². The molecule has 0 fully saturated rings. The number of primary amides is 1. The van der Waals surface area contributed by atoms with Crippen molar-refractivity contribution in [2.24, 2.45) is 5.73 Å². The molecule has 0 saturated carbocycles. The number of rotatable bonds is 3. The third-order valence-corrected chi connectivity index (χ3v) is 4.21. The number of nitrogens with two attached hydrogens (primary N) is 1. The highest BCUT2D eigenvalue weighted by molar-refractivity contribution is 7.03. The number of hydrogen-bond acceptors (Lipinski definition) is 2. The first kappa shape index (κ1) is 8.65. The molecule has 0 bridgehead atoms. The van der Waals surface area contributed by atoms with Gasteiger partial charge in [0.05, 0.1) is 0 Å². The molecule has 9 heavy (non-hydrogen) atoms. The van der Waals surface area contributed by atoms with E-state index in [-0.39, 0.29) is 12.1 Å². The number of carbonyl (C=O) groups excluding carboxylic acids is 1. The van der Waals surface area contributed by atoms with Crippen molar-refractivity contribution in [2.75, 3.05) is 6.61 Å². The Hall–Kier alpha value is -0.353. The fourth-order valence-electron chi connectivity index (χ4n) is 0.403. The Morgan fingerprint density at radius 3 is 2.22 bits per heavy atom. The summed E-state index contributed by atoms with van der Waals surface area (Å²) in [7, 11) is -1.89. The summed E-state index contributed by atoms with van der Waals surface area (Å²) in [4.78, 5) is 10.6. The predicted octanol–water partition coefficient (Wildman–Crippen LogP) is 0.348. The normalized spacial score (nSPS) is 11.4. The summed E-state index contributed by atoms with van der Waals surface area (Å²) in [5, 5.41) is 8.48. The highest BCUT2D eigenvalue weighted by atomic mass is 28.3. The van der Waals surface area contributed by atoms with E-state index in [2.05, 4.69) is 0 Å². The van der Waals surface area contributed by atoms with Crippen LogP contribution in [0.1, 0.15) is 0 Å². The first-order valence-corrected chi connectivity index (χ1v) is 6.12. The molecule has 0 spiro atoms. The molecule has 0 unspecified atom stereocenters. The molecule has 0 aromatic heterocycles. The molecular formula is C5H13NO2Si. The van der Waals surface area contributed by atoms with Crippen LogP contribution in [-0.2, 0) is 0 Å². The fraction of sp³-hybridized carbons (Fsp3) is 0.800. The van der Waals surface area contributed by atoms with E-state index in [9.17, 15) is 4.79 Å². The van der Waals surface area contributed by atoms with E-state index in [0.717, 1.165) is 0 Å². The second kappa shape index (κ2) is 2.98. The number of aliphatic hydroxyl groups is 1. The molecule has 0 rings (SSSR count). The monoisotopic (exact) mass is 147 g/mol. The van der Waals surface area contributed by atoms with Crippen LogP contribution in [0.3, 0.4) is 0 Å². The molecule has 0 radical (unpaired) electrons. The SMILES string of the molecule is C[Si](C)(CCO)C(N)=O. The van der Waals surface area contributed by atoms with Gasteiger partial charge in [-0.15, -0.1) is 0 Å². The van der Waals surface area contributed by atoms with Crippen LogP contribution in [0.4, 0.5) is 4.79 Å². The average Bonchev–Trinajstić information content (AvgIpc) is 1.65. The van der Waals surface area contributed by atoms with Crippen molar-refractivity contribution in [2.45, 2.75) is 19.1 Å². The van der Waals surface area contributed by atoms with Gasteiger partial charge in [0.1, 0.15) is 0 Å². The molecule has 0 heterocycles. The number of carbonyl (C=O) groups is 1. The van der Waals surface area contributed by atoms with Gasteiger partial charge in [0.25, 0.3) is 0 Å². The number of hydrogen-bond donors (Lipinski definition) is 2. The van der Waals surface area contributed by atoms with E-state index in [1.165, 1.54) is 0 Å². The van der Waals surface area contributed by atoms with Crippen LogP contribution >= 0.6 is 0 Å². The lowest BCUT2D eigenvalue weighted by molar-refractivity contribution is 0.263. The summed E-state index contributed by atoms with van der Waals surface area (Å²) in [6, 6.07) is 0.572. The minimum absolute atomic E-state index is 0.0716. The summed E-state index contributed by atoms with van der Waals surface area (Å²) < 4.78 is 0. The van der Waals surface area contributed by atoms with Crippen LogP contribution in [0.15, 0.2) is 0 Å². The van der Waals surface area contributed by atoms with E-state index < -0.39 is 8.07 Å². The summed E-state index contributed by atoms with van der Waals surface area (Å²) >= 11 is 0. The lowest BCUT2D eigenvalue weighted by Crippen LogP contribution is -2.42. The lowest BCUT2D eigenvalue weighted by Gasteiger charge is -2.14. The van der Waals surface area contributed by atoms with Crippen molar-refractivity contribution < 1.29 is 9.90 Å². The van der Waals surface area contributed by atoms with Gasteiger partial charge in [0, 0.05) is 6.61 Å². The maximum Gasteiger partial charge on any atom is 0.189 e. The van der Waals surface area contributed by atoms with Crippen LogP contribution in [0, 0.1) is 0 Å². The van der Waals surface area contributed by atoms with Gasteiger partial charge in [-0.1, -0.05) is 13.1 Å². The summed E-state index contributed by atoms with van der Waals surface area (Å²) in [5.41, 5.74) is 4.84. The van der Waals surface area contributed by atoms with Crippen LogP contribution in [-0.4, -0.2) is 25.3 Å². The Labute approximate surface area is 55.9 Å². The minimum Gasteiger partial charge on any atom is -0.397 e. The maximum absolute atomic E-state index is 10.6. The zero-order valence-electron chi connectivity index (χ0n) is 5.85. The van der Waals surface area contributed by atoms with Gasteiger partial charge in [-0.25, -0.2) is 0 Å². The van der Waals surface area contributed by atoms with Crippen LogP contribution in [0.5, 0.6) is 0 Å². The second-order valence-electron chi connectivity index (χ2n) is 2.72. The van der Waals surface area contributed by atoms with Crippen molar-refractivity contribution in [1.29, 1.82) is 0 Å². The molecule has 0 aromatic carbocycles. The zero-order valence-corrected chi connectivity index (χ0v) is 6.85. The number of aliphatic hydroxyl groups excluding tert-OH is 1. The average molecular weight is 147 g/mol. The molecule has 0 atom stereocenters. The summed E-state index contributed by atoms with van der Waals surface area (Å²) in [6.45, 7) is 3.78. The van der Waals surface area contributed by atoms with Gasteiger partial charge in [0.15, 0.2) is 13.6 Å². The molecule has 1 amide bonds. The molecule has 3 nitrogen and oxygen atoms in total. The number of amides is 1. The molecule has 0 aliphatic heterocycles. The quantitative estimate of drug-likeness (QED) is 0.566. The van der Waals surface area contributed by atoms with Gasteiger partial charge in [-0.05, 0) is 6.04 Å². The maximum atomic E-state index is 10.6. The second-order valence-corrected chi connectivity index (χ2v) is 7.48. The van der Waals surface area contributed by atoms with Crippen molar-refractivity contribution in [3.05, 3.63) is 0 Å². The van der Waals surface area contributed by atoms with E-state index in [4.69, 9.17) is 10.8 Å². The van der Waals surface area contributed by atoms with E-state index in [1.54, 1.807) is 0 Å². The first-order chi connectivity index (χ1) is 4.00. The highest BCUT2D eigenvalue weighted by Crippen LogP contribution is 2.06. The molecule has 54 valence electrons.